The lowest BCUT2D eigenvalue weighted by Crippen LogP contribution is -2.32. The molecule has 4 rings (SSSR count). The summed E-state index contributed by atoms with van der Waals surface area (Å²) in [4.78, 5) is 33.8. The van der Waals surface area contributed by atoms with Crippen molar-refractivity contribution in [3.8, 4) is 5.69 Å². The van der Waals surface area contributed by atoms with Gasteiger partial charge in [0.1, 0.15) is 12.1 Å². The predicted octanol–water partition coefficient (Wildman–Crippen LogP) is 3.51. The quantitative estimate of drug-likeness (QED) is 0.527. The summed E-state index contributed by atoms with van der Waals surface area (Å²) in [6, 6.07) is 15.8. The van der Waals surface area contributed by atoms with E-state index in [0.29, 0.717) is 27.2 Å². The number of anilines is 1. The average molecular weight is 420 g/mol. The summed E-state index contributed by atoms with van der Waals surface area (Å²) >= 11 is 6.32. The maximum absolute atomic E-state index is 13.4. The molecule has 2 aromatic carbocycles. The first kappa shape index (κ1) is 19.6. The first-order valence-corrected chi connectivity index (χ1v) is 9.61. The van der Waals surface area contributed by atoms with Gasteiger partial charge in [-0.1, -0.05) is 41.9 Å². The van der Waals surface area contributed by atoms with Crippen LogP contribution in [-0.4, -0.2) is 20.4 Å². The minimum Gasteiger partial charge on any atom is -0.383 e. The van der Waals surface area contributed by atoms with Crippen molar-refractivity contribution >= 4 is 34.1 Å². The van der Waals surface area contributed by atoms with E-state index in [-0.39, 0.29) is 16.9 Å². The lowest BCUT2D eigenvalue weighted by atomic mass is 10.1. The van der Waals surface area contributed by atoms with Crippen molar-refractivity contribution in [1.29, 1.82) is 0 Å². The molecular weight excluding hydrogens is 402 g/mol. The van der Waals surface area contributed by atoms with Crippen molar-refractivity contribution in [3.05, 3.63) is 93.8 Å². The number of aromatic nitrogens is 3. The van der Waals surface area contributed by atoms with Gasteiger partial charge in [-0.05, 0) is 36.6 Å². The van der Waals surface area contributed by atoms with Gasteiger partial charge in [0.25, 0.3) is 11.5 Å². The van der Waals surface area contributed by atoms with E-state index >= 15 is 0 Å². The number of fused-ring (bicyclic) bond motifs is 1. The molecule has 2 heterocycles. The highest BCUT2D eigenvalue weighted by Gasteiger charge is 2.20. The molecule has 2 aromatic heterocycles. The molecule has 3 N–H and O–H groups in total. The zero-order valence-electron chi connectivity index (χ0n) is 16.0. The number of nitrogens with one attached hydrogen (secondary N) is 1. The molecule has 30 heavy (non-hydrogen) atoms. The molecule has 0 aliphatic heterocycles. The summed E-state index contributed by atoms with van der Waals surface area (Å²) in [7, 11) is 0. The Labute approximate surface area is 177 Å². The first-order valence-electron chi connectivity index (χ1n) is 9.23. The van der Waals surface area contributed by atoms with Crippen LogP contribution in [-0.2, 0) is 0 Å². The van der Waals surface area contributed by atoms with Crippen molar-refractivity contribution in [2.45, 2.75) is 13.0 Å². The van der Waals surface area contributed by atoms with Gasteiger partial charge in [0.15, 0.2) is 0 Å². The highest BCUT2D eigenvalue weighted by molar-refractivity contribution is 6.35. The summed E-state index contributed by atoms with van der Waals surface area (Å²) in [6.07, 6.45) is 2.63. The number of hydrogen-bond acceptors (Lipinski definition) is 5. The topological polar surface area (TPSA) is 103 Å². The summed E-state index contributed by atoms with van der Waals surface area (Å²) in [6.45, 7) is 1.79. The molecule has 1 amide bonds. The van der Waals surface area contributed by atoms with E-state index in [4.69, 9.17) is 17.3 Å². The SMILES string of the molecule is CC(NC(=O)c1cncnc1N)c1cc2cccc(Cl)c2c(=O)n1-c1ccccc1. The van der Waals surface area contributed by atoms with Gasteiger partial charge < -0.3 is 11.1 Å². The minimum absolute atomic E-state index is 0.0837. The Morgan fingerprint density at radius 3 is 2.67 bits per heavy atom. The number of nitrogens with two attached hydrogens (primary N) is 1. The summed E-state index contributed by atoms with van der Waals surface area (Å²) in [5, 5.41) is 4.37. The van der Waals surface area contributed by atoms with E-state index in [1.54, 1.807) is 23.6 Å². The molecule has 0 aliphatic carbocycles. The van der Waals surface area contributed by atoms with E-state index < -0.39 is 11.9 Å². The zero-order valence-corrected chi connectivity index (χ0v) is 16.8. The van der Waals surface area contributed by atoms with Crippen LogP contribution in [0.5, 0.6) is 0 Å². The summed E-state index contributed by atoms with van der Waals surface area (Å²) < 4.78 is 1.56. The Bertz CT molecular complexity index is 1300. The number of para-hydroxylation sites is 1. The van der Waals surface area contributed by atoms with Gasteiger partial charge in [-0.15, -0.1) is 0 Å². The minimum atomic E-state index is -0.520. The molecule has 8 heteroatoms. The van der Waals surface area contributed by atoms with Crippen LogP contribution >= 0.6 is 11.6 Å². The average Bonchev–Trinajstić information content (AvgIpc) is 2.74. The Balaban J connectivity index is 1.86. The van der Waals surface area contributed by atoms with Crippen LogP contribution in [0.15, 0.2) is 71.9 Å². The van der Waals surface area contributed by atoms with E-state index in [2.05, 4.69) is 15.3 Å². The van der Waals surface area contributed by atoms with E-state index in [0.717, 1.165) is 0 Å². The molecule has 4 aromatic rings. The highest BCUT2D eigenvalue weighted by atomic mass is 35.5. The summed E-state index contributed by atoms with van der Waals surface area (Å²) in [5.74, 6) is -0.348. The van der Waals surface area contributed by atoms with Crippen molar-refractivity contribution in [2.75, 3.05) is 5.73 Å². The van der Waals surface area contributed by atoms with Crippen LogP contribution in [0.1, 0.15) is 29.0 Å². The molecule has 150 valence electrons. The van der Waals surface area contributed by atoms with Crippen molar-refractivity contribution in [1.82, 2.24) is 19.9 Å². The number of pyridine rings is 1. The van der Waals surface area contributed by atoms with E-state index in [1.165, 1.54) is 12.5 Å². The molecule has 0 bridgehead atoms. The Hall–Kier alpha value is -3.71. The third-order valence-electron chi connectivity index (χ3n) is 4.82. The number of nitrogen functional groups attached to an aromatic ring is 1. The smallest absolute Gasteiger partial charge is 0.264 e. The molecule has 7 nitrogen and oxygen atoms in total. The predicted molar refractivity (Wildman–Crippen MR) is 117 cm³/mol. The number of halogens is 1. The standard InChI is InChI=1S/C22H18ClN5O2/c1-13(27-21(29)16-11-25-12-26-20(16)24)18-10-14-6-5-9-17(23)19(14)22(30)28(18)15-7-3-2-4-8-15/h2-13H,1H3,(H,27,29)(H2,24,25,26). The third kappa shape index (κ3) is 3.51. The molecule has 0 fully saturated rings. The molecule has 0 saturated heterocycles. The van der Waals surface area contributed by atoms with Crippen LogP contribution < -0.4 is 16.6 Å². The number of carbonyl (C=O) groups excluding carboxylic acids is 1. The molecular formula is C22H18ClN5O2. The van der Waals surface area contributed by atoms with Gasteiger partial charge in [-0.25, -0.2) is 9.97 Å². The number of carbonyl (C=O) groups is 1. The van der Waals surface area contributed by atoms with E-state index in [9.17, 15) is 9.59 Å². The number of benzene rings is 2. The second-order valence-corrected chi connectivity index (χ2v) is 7.17. The van der Waals surface area contributed by atoms with Crippen LogP contribution in [0.3, 0.4) is 0 Å². The van der Waals surface area contributed by atoms with Crippen molar-refractivity contribution < 1.29 is 4.79 Å². The second kappa shape index (κ2) is 7.96. The van der Waals surface area contributed by atoms with Crippen LogP contribution in [0.25, 0.3) is 16.5 Å². The Morgan fingerprint density at radius 1 is 1.17 bits per heavy atom. The van der Waals surface area contributed by atoms with Gasteiger partial charge in [0.2, 0.25) is 0 Å². The Kier molecular flexibility index (Phi) is 5.20. The monoisotopic (exact) mass is 419 g/mol. The lowest BCUT2D eigenvalue weighted by molar-refractivity contribution is 0.0939. The molecule has 1 atom stereocenters. The maximum atomic E-state index is 13.4. The third-order valence-corrected chi connectivity index (χ3v) is 5.13. The van der Waals surface area contributed by atoms with Gasteiger partial charge in [0.05, 0.1) is 22.0 Å². The van der Waals surface area contributed by atoms with Gasteiger partial charge in [-0.3, -0.25) is 14.2 Å². The number of amides is 1. The van der Waals surface area contributed by atoms with Crippen molar-refractivity contribution in [2.24, 2.45) is 0 Å². The van der Waals surface area contributed by atoms with Gasteiger partial charge >= 0.3 is 0 Å². The zero-order chi connectivity index (χ0) is 21.3. The fourth-order valence-corrected chi connectivity index (χ4v) is 3.63. The fourth-order valence-electron chi connectivity index (χ4n) is 3.36. The molecule has 0 spiro atoms. The van der Waals surface area contributed by atoms with Crippen LogP contribution in [0, 0.1) is 0 Å². The van der Waals surface area contributed by atoms with Gasteiger partial charge in [-0.2, -0.15) is 0 Å². The first-order chi connectivity index (χ1) is 14.5. The Morgan fingerprint density at radius 2 is 1.93 bits per heavy atom. The van der Waals surface area contributed by atoms with Crippen LogP contribution in [0.4, 0.5) is 5.82 Å². The molecule has 0 radical (unpaired) electrons. The van der Waals surface area contributed by atoms with E-state index in [1.807, 2.05) is 42.5 Å². The maximum Gasteiger partial charge on any atom is 0.264 e. The number of rotatable bonds is 4. The summed E-state index contributed by atoms with van der Waals surface area (Å²) in [5.41, 5.74) is 6.97. The lowest BCUT2D eigenvalue weighted by Gasteiger charge is -2.21. The van der Waals surface area contributed by atoms with Crippen LogP contribution in [0.2, 0.25) is 5.02 Å². The number of nitrogens with zero attached hydrogens (tertiary/aromatic N) is 3. The largest absolute Gasteiger partial charge is 0.383 e. The molecule has 0 saturated carbocycles. The second-order valence-electron chi connectivity index (χ2n) is 6.77. The normalized spacial score (nSPS) is 11.9. The van der Waals surface area contributed by atoms with Gasteiger partial charge in [0, 0.05) is 17.6 Å². The fraction of sp³-hybridized carbons (Fsp3) is 0.0909. The number of hydrogen-bond donors (Lipinski definition) is 2. The highest BCUT2D eigenvalue weighted by Crippen LogP contribution is 2.25. The van der Waals surface area contributed by atoms with Crippen molar-refractivity contribution in [3.63, 3.8) is 0 Å². The molecule has 0 aliphatic rings. The molecule has 1 unspecified atom stereocenters.